The van der Waals surface area contributed by atoms with Crippen LogP contribution in [0.3, 0.4) is 0 Å². The van der Waals surface area contributed by atoms with Gasteiger partial charge in [-0.2, -0.15) is 18.3 Å². The predicted molar refractivity (Wildman–Crippen MR) is 106 cm³/mol. The number of halogens is 3. The van der Waals surface area contributed by atoms with Crippen LogP contribution in [0.2, 0.25) is 0 Å². The number of alkyl halides is 3. The maximum absolute atomic E-state index is 13.1. The summed E-state index contributed by atoms with van der Waals surface area (Å²) < 4.78 is 45.3. The first-order valence-corrected chi connectivity index (χ1v) is 9.49. The van der Waals surface area contributed by atoms with Crippen molar-refractivity contribution >= 4 is 6.21 Å². The molecule has 2 aromatic carbocycles. The van der Waals surface area contributed by atoms with Crippen LogP contribution >= 0.6 is 0 Å². The lowest BCUT2D eigenvalue weighted by molar-refractivity contribution is -0.222. The molecule has 0 spiro atoms. The number of benzene rings is 2. The van der Waals surface area contributed by atoms with Crippen molar-refractivity contribution in [2.45, 2.75) is 43.2 Å². The summed E-state index contributed by atoms with van der Waals surface area (Å²) >= 11 is 0. The number of nitrogens with zero attached hydrogens (tertiary/aromatic N) is 2. The molecule has 29 heavy (non-hydrogen) atoms. The summed E-state index contributed by atoms with van der Waals surface area (Å²) in [6.07, 6.45) is -2.80. The number of rotatable bonds is 6. The Labute approximate surface area is 168 Å². The van der Waals surface area contributed by atoms with E-state index in [-0.39, 0.29) is 6.04 Å². The molecule has 0 radical (unpaired) electrons. The van der Waals surface area contributed by atoms with Gasteiger partial charge in [0.1, 0.15) is 5.60 Å². The zero-order valence-corrected chi connectivity index (χ0v) is 16.4. The van der Waals surface area contributed by atoms with Crippen LogP contribution in [0.15, 0.2) is 65.8 Å². The van der Waals surface area contributed by atoms with Gasteiger partial charge in [-0.3, -0.25) is 5.01 Å². The smallest absolute Gasteiger partial charge is 0.376 e. The van der Waals surface area contributed by atoms with Crippen molar-refractivity contribution in [2.24, 2.45) is 5.10 Å². The third-order valence-electron chi connectivity index (χ3n) is 5.45. The first kappa shape index (κ1) is 21.3. The van der Waals surface area contributed by atoms with E-state index in [0.29, 0.717) is 26.1 Å². The fourth-order valence-corrected chi connectivity index (χ4v) is 3.86. The van der Waals surface area contributed by atoms with Gasteiger partial charge in [0, 0.05) is 13.7 Å². The number of ether oxygens (including phenoxy) is 1. The van der Waals surface area contributed by atoms with Crippen molar-refractivity contribution in [1.29, 1.82) is 0 Å². The molecule has 2 atom stereocenters. The van der Waals surface area contributed by atoms with E-state index in [1.54, 1.807) is 12.1 Å². The Morgan fingerprint density at radius 1 is 1.03 bits per heavy atom. The molecule has 2 aromatic rings. The van der Waals surface area contributed by atoms with E-state index >= 15 is 0 Å². The Bertz CT molecular complexity index is 783. The van der Waals surface area contributed by atoms with Gasteiger partial charge in [0.25, 0.3) is 0 Å². The maximum Gasteiger partial charge on any atom is 0.422 e. The van der Waals surface area contributed by atoms with E-state index in [2.05, 4.69) is 5.10 Å². The van der Waals surface area contributed by atoms with Crippen LogP contribution in [0.1, 0.15) is 30.9 Å². The molecule has 0 aromatic heterocycles. The molecule has 1 aliphatic heterocycles. The molecule has 7 heteroatoms. The Morgan fingerprint density at radius 3 is 2.00 bits per heavy atom. The largest absolute Gasteiger partial charge is 0.422 e. The van der Waals surface area contributed by atoms with Gasteiger partial charge in [0.05, 0.1) is 12.3 Å². The second kappa shape index (κ2) is 8.16. The minimum Gasteiger partial charge on any atom is -0.376 e. The van der Waals surface area contributed by atoms with Gasteiger partial charge in [0.2, 0.25) is 0 Å². The number of hydrogen-bond donors (Lipinski definition) is 1. The topological polar surface area (TPSA) is 45.1 Å². The first-order chi connectivity index (χ1) is 13.7. The molecule has 1 N–H and O–H groups in total. The van der Waals surface area contributed by atoms with Gasteiger partial charge in [-0.1, -0.05) is 60.7 Å². The molecule has 1 saturated heterocycles. The van der Waals surface area contributed by atoms with Gasteiger partial charge >= 0.3 is 6.18 Å². The summed E-state index contributed by atoms with van der Waals surface area (Å²) in [7, 11) is 1.60. The van der Waals surface area contributed by atoms with Crippen molar-refractivity contribution < 1.29 is 23.0 Å². The Hall–Kier alpha value is -2.38. The molecule has 1 aliphatic rings. The highest BCUT2D eigenvalue weighted by molar-refractivity contribution is 5.68. The van der Waals surface area contributed by atoms with E-state index in [1.807, 2.05) is 60.7 Å². The number of methoxy groups -OCH3 is 1. The van der Waals surface area contributed by atoms with Gasteiger partial charge < -0.3 is 9.84 Å². The van der Waals surface area contributed by atoms with Crippen LogP contribution in [0.25, 0.3) is 0 Å². The molecule has 156 valence electrons. The summed E-state index contributed by atoms with van der Waals surface area (Å²) in [4.78, 5) is 0. The van der Waals surface area contributed by atoms with Crippen molar-refractivity contribution in [3.63, 3.8) is 0 Å². The fraction of sp³-hybridized carbons (Fsp3) is 0.409. The van der Waals surface area contributed by atoms with Crippen LogP contribution < -0.4 is 0 Å². The molecule has 4 nitrogen and oxygen atoms in total. The van der Waals surface area contributed by atoms with Crippen LogP contribution in [0.4, 0.5) is 13.2 Å². The molecule has 0 amide bonds. The lowest BCUT2D eigenvalue weighted by Gasteiger charge is -2.42. The molecule has 1 fully saturated rings. The third kappa shape index (κ3) is 4.02. The van der Waals surface area contributed by atoms with Crippen LogP contribution in [0.5, 0.6) is 0 Å². The lowest BCUT2D eigenvalue weighted by atomic mass is 9.79. The second-order valence-corrected chi connectivity index (χ2v) is 7.38. The summed E-state index contributed by atoms with van der Waals surface area (Å²) in [5, 5.41) is 15.4. The van der Waals surface area contributed by atoms with E-state index in [4.69, 9.17) is 4.74 Å². The zero-order valence-electron chi connectivity index (χ0n) is 16.4. The molecule has 0 saturated carbocycles. The summed E-state index contributed by atoms with van der Waals surface area (Å²) in [6.45, 7) is 1.17. The average molecular weight is 406 g/mol. The maximum atomic E-state index is 13.1. The molecule has 0 bridgehead atoms. The Morgan fingerprint density at radius 2 is 1.55 bits per heavy atom. The van der Waals surface area contributed by atoms with Gasteiger partial charge in [-0.25, -0.2) is 0 Å². The summed E-state index contributed by atoms with van der Waals surface area (Å²) in [6, 6.07) is 18.9. The van der Waals surface area contributed by atoms with Crippen molar-refractivity contribution in [2.75, 3.05) is 13.7 Å². The first-order valence-electron chi connectivity index (χ1n) is 9.49. The predicted octanol–water partition coefficient (Wildman–Crippen LogP) is 4.34. The molecule has 0 aliphatic carbocycles. The Kier molecular flexibility index (Phi) is 6.00. The average Bonchev–Trinajstić information content (AvgIpc) is 3.17. The SMILES string of the molecule is COC(c1ccccc1)(c1ccccc1)[C@@H]1CCCN1/N=C/[C@](C)(O)C(F)(F)F. The highest BCUT2D eigenvalue weighted by atomic mass is 19.4. The fourth-order valence-electron chi connectivity index (χ4n) is 3.86. The quantitative estimate of drug-likeness (QED) is 0.726. The molecular formula is C22H25F3N2O2. The van der Waals surface area contributed by atoms with Crippen LogP contribution in [0, 0.1) is 0 Å². The summed E-state index contributed by atoms with van der Waals surface area (Å²) in [5.41, 5.74) is -2.14. The zero-order chi connectivity index (χ0) is 21.1. The Balaban J connectivity index is 2.06. The lowest BCUT2D eigenvalue weighted by Crippen LogP contribution is -2.49. The van der Waals surface area contributed by atoms with Crippen molar-refractivity contribution in [3.8, 4) is 0 Å². The third-order valence-corrected chi connectivity index (χ3v) is 5.45. The van der Waals surface area contributed by atoms with Crippen LogP contribution in [-0.4, -0.2) is 47.8 Å². The standard InChI is InChI=1S/C22H25F3N2O2/c1-20(28,22(23,24)25)16-26-27-15-9-14-19(27)21(29-2,17-10-5-3-6-11-17)18-12-7-4-8-13-18/h3-8,10-13,16,19,28H,9,14-15H2,1-2H3/b26-16+/t19-,20-/m0/s1. The van der Waals surface area contributed by atoms with Crippen LogP contribution in [-0.2, 0) is 10.3 Å². The second-order valence-electron chi connectivity index (χ2n) is 7.38. The van der Waals surface area contributed by atoms with Crippen molar-refractivity contribution in [3.05, 3.63) is 71.8 Å². The highest BCUT2D eigenvalue weighted by Crippen LogP contribution is 2.43. The monoisotopic (exact) mass is 406 g/mol. The van der Waals surface area contributed by atoms with E-state index < -0.39 is 17.4 Å². The summed E-state index contributed by atoms with van der Waals surface area (Å²) in [5.74, 6) is 0. The number of aliphatic hydroxyl groups is 1. The molecule has 0 unspecified atom stereocenters. The van der Waals surface area contributed by atoms with Gasteiger partial charge in [-0.15, -0.1) is 0 Å². The highest BCUT2D eigenvalue weighted by Gasteiger charge is 2.50. The van der Waals surface area contributed by atoms with E-state index in [1.165, 1.54) is 0 Å². The molecule has 1 heterocycles. The molecule has 3 rings (SSSR count). The minimum atomic E-state index is -4.80. The number of hydrogen-bond acceptors (Lipinski definition) is 4. The normalized spacial score (nSPS) is 20.2. The van der Waals surface area contributed by atoms with E-state index in [9.17, 15) is 18.3 Å². The van der Waals surface area contributed by atoms with Gasteiger partial charge in [0.15, 0.2) is 5.60 Å². The molecular weight excluding hydrogens is 381 g/mol. The van der Waals surface area contributed by atoms with Crippen molar-refractivity contribution in [1.82, 2.24) is 5.01 Å². The van der Waals surface area contributed by atoms with Gasteiger partial charge in [-0.05, 0) is 30.9 Å². The number of hydrazone groups is 1. The van der Waals surface area contributed by atoms with E-state index in [0.717, 1.165) is 17.5 Å². The minimum absolute atomic E-state index is 0.336.